The number of carbonyl (C=O) groups is 1. The molecule has 2 heterocycles. The van der Waals surface area contributed by atoms with E-state index in [1.54, 1.807) is 0 Å². The van der Waals surface area contributed by atoms with E-state index in [1.165, 1.54) is 11.3 Å². The van der Waals surface area contributed by atoms with Crippen LogP contribution in [0.1, 0.15) is 29.3 Å². The third kappa shape index (κ3) is 2.76. The van der Waals surface area contributed by atoms with Crippen LogP contribution in [0.5, 0.6) is 0 Å². The van der Waals surface area contributed by atoms with E-state index in [2.05, 4.69) is 36.1 Å². The van der Waals surface area contributed by atoms with E-state index in [-0.39, 0.29) is 5.78 Å². The summed E-state index contributed by atoms with van der Waals surface area (Å²) in [6, 6.07) is 18.8. The van der Waals surface area contributed by atoms with Gasteiger partial charge in [-0.25, -0.2) is 0 Å². The van der Waals surface area contributed by atoms with E-state index >= 15 is 0 Å². The van der Waals surface area contributed by atoms with Crippen molar-refractivity contribution in [2.45, 2.75) is 32.4 Å². The fourth-order valence-corrected chi connectivity index (χ4v) is 3.93. The average molecular weight is 343 g/mol. The molecule has 0 fully saturated rings. The molecule has 1 aromatic heterocycles. The summed E-state index contributed by atoms with van der Waals surface area (Å²) in [5.41, 5.74) is 4.24. The first-order valence-corrected chi connectivity index (χ1v) is 9.01. The van der Waals surface area contributed by atoms with Crippen molar-refractivity contribution in [2.75, 3.05) is 11.4 Å². The Morgan fingerprint density at radius 2 is 1.96 bits per heavy atom. The van der Waals surface area contributed by atoms with E-state index in [0.29, 0.717) is 25.6 Å². The maximum absolute atomic E-state index is 13.1. The molecule has 1 unspecified atom stereocenters. The van der Waals surface area contributed by atoms with Gasteiger partial charge in [0.1, 0.15) is 0 Å². The van der Waals surface area contributed by atoms with Crippen molar-refractivity contribution in [1.82, 2.24) is 4.57 Å². The first kappa shape index (κ1) is 16.4. The summed E-state index contributed by atoms with van der Waals surface area (Å²) in [7, 11) is 0. The molecule has 0 N–H and O–H groups in total. The third-order valence-electron chi connectivity index (χ3n) is 5.22. The second-order valence-electron chi connectivity index (χ2n) is 6.89. The number of hydrogen-bond acceptors (Lipinski definition) is 3. The molecule has 130 valence electrons. The highest BCUT2D eigenvalue weighted by Gasteiger charge is 2.28. The number of nitrogens with zero attached hydrogens (tertiary/aromatic N) is 3. The summed E-state index contributed by atoms with van der Waals surface area (Å²) < 4.78 is 2.02. The summed E-state index contributed by atoms with van der Waals surface area (Å²) in [4.78, 5) is 15.3. The van der Waals surface area contributed by atoms with Gasteiger partial charge in [0.05, 0.1) is 19.0 Å². The van der Waals surface area contributed by atoms with E-state index in [1.807, 2.05) is 41.1 Å². The van der Waals surface area contributed by atoms with Crippen LogP contribution in [-0.2, 0) is 13.0 Å². The van der Waals surface area contributed by atoms with Gasteiger partial charge in [0, 0.05) is 40.9 Å². The Hall–Kier alpha value is -3.06. The van der Waals surface area contributed by atoms with Crippen molar-refractivity contribution in [3.63, 3.8) is 0 Å². The summed E-state index contributed by atoms with van der Waals surface area (Å²) in [6.07, 6.45) is 3.33. The molecule has 4 rings (SSSR count). The predicted octanol–water partition coefficient (Wildman–Crippen LogP) is 4.19. The van der Waals surface area contributed by atoms with Crippen LogP contribution in [0, 0.1) is 11.3 Å². The van der Waals surface area contributed by atoms with E-state index in [9.17, 15) is 4.79 Å². The Labute approximate surface area is 153 Å². The Morgan fingerprint density at radius 1 is 1.19 bits per heavy atom. The summed E-state index contributed by atoms with van der Waals surface area (Å²) >= 11 is 0. The molecule has 26 heavy (non-hydrogen) atoms. The predicted molar refractivity (Wildman–Crippen MR) is 103 cm³/mol. The van der Waals surface area contributed by atoms with Crippen LogP contribution < -0.4 is 4.90 Å². The minimum Gasteiger partial charge on any atom is -0.361 e. The monoisotopic (exact) mass is 343 g/mol. The number of hydrogen-bond donors (Lipinski definition) is 0. The van der Waals surface area contributed by atoms with Gasteiger partial charge in [-0.3, -0.25) is 4.79 Å². The SMILES string of the molecule is CC1Cc2ccccc2N1CC(=O)c1cn(CCC#N)c2ccccc12. The maximum atomic E-state index is 13.1. The molecule has 4 nitrogen and oxygen atoms in total. The van der Waals surface area contributed by atoms with Crippen LogP contribution >= 0.6 is 0 Å². The van der Waals surface area contributed by atoms with Crippen LogP contribution in [-0.4, -0.2) is 22.9 Å². The standard InChI is InChI=1S/C22H21N3O/c1-16-13-17-7-2-4-9-20(17)25(16)15-22(26)19-14-24(12-6-11-23)21-10-5-3-8-18(19)21/h2-5,7-10,14,16H,6,12-13,15H2,1H3. The number of ketones is 1. The lowest BCUT2D eigenvalue weighted by molar-refractivity contribution is 0.0999. The molecule has 0 saturated heterocycles. The molecular formula is C22H21N3O. The maximum Gasteiger partial charge on any atom is 0.184 e. The number of benzene rings is 2. The molecule has 0 bridgehead atoms. The van der Waals surface area contributed by atoms with Crippen molar-refractivity contribution >= 4 is 22.4 Å². The highest BCUT2D eigenvalue weighted by Crippen LogP contribution is 2.32. The zero-order valence-corrected chi connectivity index (χ0v) is 14.9. The van der Waals surface area contributed by atoms with Crippen molar-refractivity contribution in [3.8, 4) is 6.07 Å². The van der Waals surface area contributed by atoms with E-state index in [0.717, 1.165) is 22.9 Å². The zero-order chi connectivity index (χ0) is 18.1. The first-order chi connectivity index (χ1) is 12.7. The lowest BCUT2D eigenvalue weighted by Gasteiger charge is -2.23. The number of nitriles is 1. The average Bonchev–Trinajstić information content (AvgIpc) is 3.18. The summed E-state index contributed by atoms with van der Waals surface area (Å²) in [5, 5.41) is 9.86. The van der Waals surface area contributed by atoms with Gasteiger partial charge < -0.3 is 9.47 Å². The molecule has 0 amide bonds. The number of rotatable bonds is 5. The van der Waals surface area contributed by atoms with Crippen LogP contribution in [0.2, 0.25) is 0 Å². The molecule has 4 heteroatoms. The zero-order valence-electron chi connectivity index (χ0n) is 14.9. The van der Waals surface area contributed by atoms with E-state index < -0.39 is 0 Å². The smallest absolute Gasteiger partial charge is 0.184 e. The van der Waals surface area contributed by atoms with E-state index in [4.69, 9.17) is 5.26 Å². The normalized spacial score (nSPS) is 15.8. The molecule has 1 atom stereocenters. The lowest BCUT2D eigenvalue weighted by Crippen LogP contribution is -2.34. The number of fused-ring (bicyclic) bond motifs is 2. The number of carbonyl (C=O) groups excluding carboxylic acids is 1. The van der Waals surface area contributed by atoms with Gasteiger partial charge in [0.2, 0.25) is 0 Å². The van der Waals surface area contributed by atoms with Gasteiger partial charge in [0.25, 0.3) is 0 Å². The molecule has 0 radical (unpaired) electrons. The third-order valence-corrected chi connectivity index (χ3v) is 5.22. The fourth-order valence-electron chi connectivity index (χ4n) is 3.93. The van der Waals surface area contributed by atoms with Crippen molar-refractivity contribution in [3.05, 3.63) is 65.9 Å². The molecule has 2 aromatic carbocycles. The number of Topliss-reactive ketones (excluding diaryl/α,β-unsaturated/α-hetero) is 1. The number of para-hydroxylation sites is 2. The second kappa shape index (κ2) is 6.68. The fraction of sp³-hybridized carbons (Fsp3) is 0.273. The quantitative estimate of drug-likeness (QED) is 0.653. The summed E-state index contributed by atoms with van der Waals surface area (Å²) in [6.45, 7) is 3.15. The Balaban J connectivity index is 1.66. The van der Waals surface area contributed by atoms with Crippen LogP contribution in [0.4, 0.5) is 5.69 Å². The lowest BCUT2D eigenvalue weighted by atomic mass is 10.1. The molecule has 0 saturated carbocycles. The number of aryl methyl sites for hydroxylation is 1. The molecular weight excluding hydrogens is 322 g/mol. The van der Waals surface area contributed by atoms with Gasteiger partial charge in [-0.1, -0.05) is 36.4 Å². The minimum atomic E-state index is 0.125. The topological polar surface area (TPSA) is 49.0 Å². The molecule has 0 spiro atoms. The molecule has 0 aliphatic carbocycles. The van der Waals surface area contributed by atoms with Crippen molar-refractivity contribution in [1.29, 1.82) is 5.26 Å². The van der Waals surface area contributed by atoms with Gasteiger partial charge in [-0.15, -0.1) is 0 Å². The molecule has 1 aliphatic rings. The summed E-state index contributed by atoms with van der Waals surface area (Å²) in [5.74, 6) is 0.125. The van der Waals surface area contributed by atoms with Gasteiger partial charge in [-0.2, -0.15) is 5.26 Å². The number of anilines is 1. The highest BCUT2D eigenvalue weighted by molar-refractivity contribution is 6.10. The van der Waals surface area contributed by atoms with Gasteiger partial charge >= 0.3 is 0 Å². The van der Waals surface area contributed by atoms with Crippen LogP contribution in [0.15, 0.2) is 54.7 Å². The Kier molecular flexibility index (Phi) is 4.22. The van der Waals surface area contributed by atoms with Crippen LogP contribution in [0.25, 0.3) is 10.9 Å². The Bertz CT molecular complexity index is 1010. The van der Waals surface area contributed by atoms with Gasteiger partial charge in [0.15, 0.2) is 5.78 Å². The van der Waals surface area contributed by atoms with Crippen molar-refractivity contribution < 1.29 is 4.79 Å². The van der Waals surface area contributed by atoms with Crippen molar-refractivity contribution in [2.24, 2.45) is 0 Å². The second-order valence-corrected chi connectivity index (χ2v) is 6.89. The van der Waals surface area contributed by atoms with Gasteiger partial charge in [-0.05, 0) is 31.0 Å². The van der Waals surface area contributed by atoms with Crippen LogP contribution in [0.3, 0.4) is 0 Å². The first-order valence-electron chi connectivity index (χ1n) is 9.01. The Morgan fingerprint density at radius 3 is 2.81 bits per heavy atom. The molecule has 1 aliphatic heterocycles. The molecule has 3 aromatic rings. The minimum absolute atomic E-state index is 0.125. The highest BCUT2D eigenvalue weighted by atomic mass is 16.1. The number of aromatic nitrogens is 1. The largest absolute Gasteiger partial charge is 0.361 e.